The van der Waals surface area contributed by atoms with Crippen LogP contribution < -0.4 is 5.32 Å². The number of hydrogen-bond acceptors (Lipinski definition) is 11. The third-order valence-corrected chi connectivity index (χ3v) is 9.22. The molecule has 5 fully saturated rings. The molecule has 3 N–H and O–H groups in total. The monoisotopic (exact) mass is 592 g/mol. The van der Waals surface area contributed by atoms with Crippen molar-refractivity contribution in [2.24, 2.45) is 23.7 Å². The summed E-state index contributed by atoms with van der Waals surface area (Å²) in [6, 6.07) is 3.01. The van der Waals surface area contributed by atoms with Crippen LogP contribution in [0.2, 0.25) is 0 Å². The average molecular weight is 593 g/mol. The van der Waals surface area contributed by atoms with E-state index in [0.29, 0.717) is 12.3 Å². The zero-order valence-electron chi connectivity index (χ0n) is 23.6. The van der Waals surface area contributed by atoms with E-state index >= 15 is 0 Å². The van der Waals surface area contributed by atoms with Crippen LogP contribution in [0.25, 0.3) is 0 Å². The summed E-state index contributed by atoms with van der Waals surface area (Å²) in [6.45, 7) is 5.90. The molecule has 6 rings (SSSR count). The predicted molar refractivity (Wildman–Crippen MR) is 140 cm³/mol. The second-order valence-electron chi connectivity index (χ2n) is 11.9. The number of benzene rings is 1. The summed E-state index contributed by atoms with van der Waals surface area (Å²) >= 11 is 0. The Labute approximate surface area is 241 Å². The number of carbonyl (C=O) groups excluding carboxylic acids is 2. The van der Waals surface area contributed by atoms with Crippen LogP contribution in [0.15, 0.2) is 24.3 Å². The minimum Gasteiger partial charge on any atom is -0.480 e. The number of aliphatic hydroxyl groups excluding tert-OH is 1. The van der Waals surface area contributed by atoms with Crippen LogP contribution in [0.3, 0.4) is 0 Å². The highest BCUT2D eigenvalue weighted by molar-refractivity contribution is 5.86. The first kappa shape index (κ1) is 30.3. The summed E-state index contributed by atoms with van der Waals surface area (Å²) in [6.07, 6.45) is -1.06. The molecule has 10 atom stereocenters. The fourth-order valence-electron chi connectivity index (χ4n) is 6.95. The lowest BCUT2D eigenvalue weighted by Crippen LogP contribution is -2.70. The number of esters is 1. The molecular weight excluding hydrogens is 556 g/mol. The van der Waals surface area contributed by atoms with Crippen LogP contribution in [-0.2, 0) is 38.4 Å². The fraction of sp³-hybridized carbons (Fsp3) is 0.679. The van der Waals surface area contributed by atoms with E-state index in [4.69, 9.17) is 24.0 Å². The second kappa shape index (κ2) is 11.5. The molecule has 0 unspecified atom stereocenters. The lowest BCUT2D eigenvalue weighted by atomic mass is 9.58. The third kappa shape index (κ3) is 5.49. The molecule has 2 bridgehead atoms. The number of nitrogens with zero attached hydrogens (tertiary/aromatic N) is 1. The number of carboxylic acid groups (broad SMARTS) is 1. The molecule has 0 aromatic heterocycles. The highest BCUT2D eigenvalue weighted by Gasteiger charge is 2.69. The topological polar surface area (TPSA) is 193 Å². The predicted octanol–water partition coefficient (Wildman–Crippen LogP) is 2.73. The van der Waals surface area contributed by atoms with Gasteiger partial charge in [-0.25, -0.2) is 14.6 Å². The number of ether oxygens (including phenoxy) is 3. The number of fused-ring (bicyclic) bond motifs is 2. The number of carboxylic acids is 1. The molecule has 1 aliphatic carbocycles. The molecule has 230 valence electrons. The van der Waals surface area contributed by atoms with Crippen LogP contribution in [0, 0.1) is 33.8 Å². The molecule has 14 nitrogen and oxygen atoms in total. The van der Waals surface area contributed by atoms with Crippen molar-refractivity contribution >= 4 is 23.5 Å². The van der Waals surface area contributed by atoms with Crippen LogP contribution >= 0.6 is 0 Å². The van der Waals surface area contributed by atoms with Gasteiger partial charge in [0.05, 0.1) is 11.3 Å². The number of nitrogens with one attached hydrogen (secondary N) is 1. The van der Waals surface area contributed by atoms with E-state index < -0.39 is 65.3 Å². The number of carbonyl (C=O) groups is 3. The summed E-state index contributed by atoms with van der Waals surface area (Å²) in [4.78, 5) is 59.3. The Morgan fingerprint density at radius 1 is 1.17 bits per heavy atom. The van der Waals surface area contributed by atoms with E-state index in [1.54, 1.807) is 6.92 Å². The summed E-state index contributed by atoms with van der Waals surface area (Å²) in [7, 11) is 0. The van der Waals surface area contributed by atoms with Gasteiger partial charge in [-0.3, -0.25) is 19.7 Å². The molecule has 4 saturated heterocycles. The Morgan fingerprint density at radius 3 is 2.64 bits per heavy atom. The molecule has 1 aromatic rings. The summed E-state index contributed by atoms with van der Waals surface area (Å²) < 4.78 is 18.1. The van der Waals surface area contributed by atoms with Crippen molar-refractivity contribution in [2.75, 3.05) is 0 Å². The Hall–Kier alpha value is -3.17. The second-order valence-corrected chi connectivity index (χ2v) is 11.9. The van der Waals surface area contributed by atoms with E-state index in [1.165, 1.54) is 18.2 Å². The molecule has 1 saturated carbocycles. The van der Waals surface area contributed by atoms with Gasteiger partial charge in [0.2, 0.25) is 18.0 Å². The van der Waals surface area contributed by atoms with E-state index in [2.05, 4.69) is 12.2 Å². The van der Waals surface area contributed by atoms with Crippen molar-refractivity contribution in [3.63, 3.8) is 0 Å². The van der Waals surface area contributed by atoms with Gasteiger partial charge in [-0.15, -0.1) is 0 Å². The van der Waals surface area contributed by atoms with Crippen LogP contribution in [0.5, 0.6) is 0 Å². The van der Waals surface area contributed by atoms with Gasteiger partial charge in [-0.2, -0.15) is 0 Å². The maximum absolute atomic E-state index is 12.8. The molecular formula is C28H36N2O12. The van der Waals surface area contributed by atoms with Crippen LogP contribution in [0.1, 0.15) is 71.0 Å². The largest absolute Gasteiger partial charge is 0.480 e. The number of nitro groups is 1. The van der Waals surface area contributed by atoms with E-state index in [9.17, 15) is 34.7 Å². The molecule has 1 amide bonds. The summed E-state index contributed by atoms with van der Waals surface area (Å²) in [5.41, 5.74) is -1.22. The number of nitro benzene ring substituents is 1. The van der Waals surface area contributed by atoms with E-state index in [-0.39, 0.29) is 35.4 Å². The lowest BCUT2D eigenvalue weighted by molar-refractivity contribution is -0.576. The van der Waals surface area contributed by atoms with Gasteiger partial charge in [0.1, 0.15) is 6.10 Å². The van der Waals surface area contributed by atoms with Crippen LogP contribution in [0.4, 0.5) is 5.69 Å². The van der Waals surface area contributed by atoms with Gasteiger partial charge in [0, 0.05) is 36.8 Å². The van der Waals surface area contributed by atoms with Gasteiger partial charge in [0.15, 0.2) is 17.9 Å². The van der Waals surface area contributed by atoms with E-state index in [1.807, 2.05) is 6.92 Å². The van der Waals surface area contributed by atoms with Crippen LogP contribution in [-0.4, -0.2) is 63.0 Å². The smallest absolute Gasteiger partial charge is 0.329 e. The Kier molecular flexibility index (Phi) is 8.29. The maximum Gasteiger partial charge on any atom is 0.329 e. The molecule has 42 heavy (non-hydrogen) atoms. The lowest BCUT2D eigenvalue weighted by Gasteiger charge is -2.59. The quantitative estimate of drug-likeness (QED) is 0.165. The molecule has 4 aliphatic heterocycles. The molecule has 1 aromatic carbocycles. The third-order valence-electron chi connectivity index (χ3n) is 9.22. The first-order valence-electron chi connectivity index (χ1n) is 14.2. The Bertz CT molecular complexity index is 1240. The van der Waals surface area contributed by atoms with Crippen molar-refractivity contribution in [2.45, 2.75) is 95.4 Å². The van der Waals surface area contributed by atoms with Crippen molar-refractivity contribution in [1.82, 2.24) is 5.32 Å². The fourth-order valence-corrected chi connectivity index (χ4v) is 6.95. The number of aliphatic hydroxyl groups is 1. The Morgan fingerprint density at radius 2 is 1.93 bits per heavy atom. The zero-order chi connectivity index (χ0) is 30.4. The number of non-ortho nitro benzene ring substituents is 1. The van der Waals surface area contributed by atoms with Crippen molar-refractivity contribution in [3.05, 3.63) is 39.9 Å². The summed E-state index contributed by atoms with van der Waals surface area (Å²) in [5, 5.41) is 33.3. The molecule has 14 heteroatoms. The average Bonchev–Trinajstić information content (AvgIpc) is 3.18. The maximum atomic E-state index is 12.8. The molecule has 5 aliphatic rings. The van der Waals surface area contributed by atoms with E-state index in [0.717, 1.165) is 25.3 Å². The first-order valence-corrected chi connectivity index (χ1v) is 14.2. The minimum absolute atomic E-state index is 0.0606. The normalized spacial score (nSPS) is 36.6. The molecule has 1 spiro atoms. The van der Waals surface area contributed by atoms with Gasteiger partial charge >= 0.3 is 11.9 Å². The summed E-state index contributed by atoms with van der Waals surface area (Å²) in [5.74, 6) is -3.90. The van der Waals surface area contributed by atoms with Gasteiger partial charge in [-0.05, 0) is 43.6 Å². The van der Waals surface area contributed by atoms with Gasteiger partial charge in [0.25, 0.3) is 5.69 Å². The molecule has 4 heterocycles. The first-order chi connectivity index (χ1) is 19.8. The van der Waals surface area contributed by atoms with Gasteiger partial charge in [-0.1, -0.05) is 26.0 Å². The number of rotatable bonds is 9. The zero-order valence-corrected chi connectivity index (χ0v) is 23.6. The highest BCUT2D eigenvalue weighted by atomic mass is 17.3. The van der Waals surface area contributed by atoms with Crippen molar-refractivity contribution in [1.29, 1.82) is 0 Å². The highest BCUT2D eigenvalue weighted by Crippen LogP contribution is 2.60. The minimum atomic E-state index is -1.80. The number of aliphatic carboxylic acids is 1. The van der Waals surface area contributed by atoms with Crippen molar-refractivity contribution < 1.29 is 53.5 Å². The number of amides is 1. The SMILES string of the molecule is C[C@H]1[C@H](OC(=O)CCC(=O)N[C@H](C(=O)O)[C@H](O)c2cccc([N+](=O)[O-])c2)O[C@@H]2O[C@]3(C)CC[C@H]4[C@H](C)CC[C@@H]1[C@@]24OO3. The molecule has 0 radical (unpaired) electrons. The standard InChI is InChI=1S/C28H36N2O12/c1-14-7-8-19-15(2)25(39-26-28(19)18(14)11-12-27(3,40-26)41-42-28)38-21(32)10-9-20(31)29-22(24(34)35)23(33)16-5-4-6-17(13-16)30(36)37/h4-6,13-15,18-19,22-23,25-26,33H,7-12H2,1-3H3,(H,29,31)(H,34,35)/t14-,15-,18+,19+,22+,23-,25-,26-,27+,28-/m1/s1. The van der Waals surface area contributed by atoms with Gasteiger partial charge < -0.3 is 29.7 Å². The van der Waals surface area contributed by atoms with Crippen molar-refractivity contribution in [3.8, 4) is 0 Å². The number of hydrogen-bond donors (Lipinski definition) is 3. The Balaban J connectivity index is 1.20.